The van der Waals surface area contributed by atoms with Crippen molar-refractivity contribution in [3.05, 3.63) is 66.2 Å². The molecule has 0 amide bonds. The summed E-state index contributed by atoms with van der Waals surface area (Å²) in [6.07, 6.45) is 8.25. The Balaban J connectivity index is 2.28. The van der Waals surface area contributed by atoms with Crippen LogP contribution in [0.5, 0.6) is 5.75 Å². The number of ether oxygens (including phenoxy) is 3. The van der Waals surface area contributed by atoms with Gasteiger partial charge in [0, 0.05) is 17.8 Å². The first-order valence-corrected chi connectivity index (χ1v) is 8.67. The van der Waals surface area contributed by atoms with Crippen molar-refractivity contribution in [2.24, 2.45) is 0 Å². The van der Waals surface area contributed by atoms with E-state index in [1.165, 1.54) is 20.3 Å². The molecular formula is C21H20N2O5. The number of aromatic nitrogens is 1. The molecule has 3 rings (SSSR count). The minimum atomic E-state index is -0.664. The van der Waals surface area contributed by atoms with Crippen LogP contribution in [0.1, 0.15) is 6.92 Å². The number of allylic oxidation sites excluding steroid dienone is 2. The molecular weight excluding hydrogens is 360 g/mol. The number of rotatable bonds is 5. The van der Waals surface area contributed by atoms with Gasteiger partial charge in [0.15, 0.2) is 0 Å². The lowest BCUT2D eigenvalue weighted by molar-refractivity contribution is -0.139. The largest absolute Gasteiger partial charge is 0.492 e. The van der Waals surface area contributed by atoms with Crippen LogP contribution in [0.4, 0.5) is 5.69 Å². The van der Waals surface area contributed by atoms with Crippen molar-refractivity contribution in [1.29, 1.82) is 0 Å². The maximum absolute atomic E-state index is 12.6. The molecule has 0 atom stereocenters. The number of pyridine rings is 1. The van der Waals surface area contributed by atoms with Crippen LogP contribution in [0, 0.1) is 0 Å². The Kier molecular flexibility index (Phi) is 5.74. The molecule has 0 saturated heterocycles. The first kappa shape index (κ1) is 19.2. The molecule has 7 nitrogen and oxygen atoms in total. The average molecular weight is 380 g/mol. The van der Waals surface area contributed by atoms with Crippen molar-refractivity contribution in [2.45, 2.75) is 6.92 Å². The highest BCUT2D eigenvalue weighted by molar-refractivity contribution is 6.07. The molecule has 0 unspecified atom stereocenters. The third-order valence-electron chi connectivity index (χ3n) is 4.16. The Morgan fingerprint density at radius 2 is 1.86 bits per heavy atom. The van der Waals surface area contributed by atoms with Crippen LogP contribution in [0.3, 0.4) is 0 Å². The van der Waals surface area contributed by atoms with Crippen LogP contribution < -0.4 is 9.64 Å². The zero-order valence-electron chi connectivity index (χ0n) is 15.8. The quantitative estimate of drug-likeness (QED) is 0.738. The van der Waals surface area contributed by atoms with Gasteiger partial charge in [-0.3, -0.25) is 4.98 Å². The summed E-state index contributed by atoms with van der Waals surface area (Å²) in [5.74, 6) is -0.670. The van der Waals surface area contributed by atoms with Gasteiger partial charge in [-0.05, 0) is 43.3 Å². The highest BCUT2D eigenvalue weighted by Crippen LogP contribution is 2.36. The molecule has 1 aromatic carbocycles. The van der Waals surface area contributed by atoms with Crippen molar-refractivity contribution >= 4 is 28.5 Å². The number of carbonyl (C=O) groups is 2. The number of fused-ring (bicyclic) bond motifs is 1. The minimum absolute atomic E-state index is 0.0497. The van der Waals surface area contributed by atoms with Crippen LogP contribution in [0.25, 0.3) is 10.9 Å². The van der Waals surface area contributed by atoms with E-state index in [4.69, 9.17) is 14.2 Å². The lowest BCUT2D eigenvalue weighted by atomic mass is 10.1. The van der Waals surface area contributed by atoms with Gasteiger partial charge in [-0.2, -0.15) is 0 Å². The van der Waals surface area contributed by atoms with Crippen molar-refractivity contribution in [3.8, 4) is 5.75 Å². The predicted molar refractivity (Wildman–Crippen MR) is 105 cm³/mol. The van der Waals surface area contributed by atoms with Crippen LogP contribution in [-0.2, 0) is 19.1 Å². The molecule has 0 saturated carbocycles. The fraction of sp³-hybridized carbons (Fsp3) is 0.190. The molecule has 0 aliphatic carbocycles. The van der Waals surface area contributed by atoms with Gasteiger partial charge in [0.2, 0.25) is 0 Å². The summed E-state index contributed by atoms with van der Waals surface area (Å²) in [6, 6.07) is 7.26. The van der Waals surface area contributed by atoms with Gasteiger partial charge in [-0.1, -0.05) is 6.08 Å². The Morgan fingerprint density at radius 1 is 1.07 bits per heavy atom. The van der Waals surface area contributed by atoms with E-state index >= 15 is 0 Å². The zero-order valence-corrected chi connectivity index (χ0v) is 15.8. The minimum Gasteiger partial charge on any atom is -0.492 e. The highest BCUT2D eigenvalue weighted by atomic mass is 16.5. The number of benzene rings is 1. The van der Waals surface area contributed by atoms with Gasteiger partial charge >= 0.3 is 11.9 Å². The van der Waals surface area contributed by atoms with E-state index in [-0.39, 0.29) is 11.3 Å². The maximum atomic E-state index is 12.6. The fourth-order valence-corrected chi connectivity index (χ4v) is 2.96. The SMILES string of the molecule is CCOc1ccc(N2C=CC=CC(C(=O)OC)=C2C(=O)OC)c2cccnc12. The predicted octanol–water partition coefficient (Wildman–Crippen LogP) is 3.12. The Labute approximate surface area is 162 Å². The summed E-state index contributed by atoms with van der Waals surface area (Å²) in [5, 5.41) is 0.755. The van der Waals surface area contributed by atoms with E-state index in [9.17, 15) is 9.59 Å². The van der Waals surface area contributed by atoms with Crippen molar-refractivity contribution in [3.63, 3.8) is 0 Å². The number of carbonyl (C=O) groups excluding carboxylic acids is 2. The normalized spacial score (nSPS) is 13.5. The van der Waals surface area contributed by atoms with E-state index in [2.05, 4.69) is 4.98 Å². The Bertz CT molecular complexity index is 1010. The molecule has 0 bridgehead atoms. The van der Waals surface area contributed by atoms with Crippen LogP contribution in [-0.4, -0.2) is 37.7 Å². The van der Waals surface area contributed by atoms with Gasteiger partial charge in [-0.25, -0.2) is 9.59 Å². The van der Waals surface area contributed by atoms with E-state index in [1.807, 2.05) is 19.1 Å². The van der Waals surface area contributed by atoms with Crippen LogP contribution in [0.2, 0.25) is 0 Å². The second-order valence-corrected chi connectivity index (χ2v) is 5.73. The summed E-state index contributed by atoms with van der Waals surface area (Å²) in [4.78, 5) is 30.9. The first-order chi connectivity index (χ1) is 13.6. The Morgan fingerprint density at radius 3 is 2.57 bits per heavy atom. The molecule has 0 spiro atoms. The maximum Gasteiger partial charge on any atom is 0.355 e. The molecule has 1 aromatic heterocycles. The first-order valence-electron chi connectivity index (χ1n) is 8.67. The van der Waals surface area contributed by atoms with Crippen LogP contribution in [0.15, 0.2) is 66.2 Å². The van der Waals surface area contributed by atoms with E-state index in [0.29, 0.717) is 23.6 Å². The second-order valence-electron chi connectivity index (χ2n) is 5.73. The molecule has 0 N–H and O–H groups in total. The third kappa shape index (κ3) is 3.46. The molecule has 144 valence electrons. The van der Waals surface area contributed by atoms with Gasteiger partial charge in [0.1, 0.15) is 17.0 Å². The number of methoxy groups -OCH3 is 2. The van der Waals surface area contributed by atoms with Crippen LogP contribution >= 0.6 is 0 Å². The van der Waals surface area contributed by atoms with Crippen molar-refractivity contribution in [1.82, 2.24) is 4.98 Å². The number of esters is 2. The van der Waals surface area contributed by atoms with E-state index in [0.717, 1.165) is 5.39 Å². The zero-order chi connectivity index (χ0) is 20.1. The summed E-state index contributed by atoms with van der Waals surface area (Å²) in [5.41, 5.74) is 1.43. The van der Waals surface area contributed by atoms with E-state index < -0.39 is 11.9 Å². The molecule has 7 heteroatoms. The number of hydrogen-bond acceptors (Lipinski definition) is 7. The summed E-state index contributed by atoms with van der Waals surface area (Å²) >= 11 is 0. The molecule has 2 aromatic rings. The molecule has 0 radical (unpaired) electrons. The molecule has 2 heterocycles. The molecule has 28 heavy (non-hydrogen) atoms. The number of anilines is 1. The average Bonchev–Trinajstić information content (AvgIpc) is 2.96. The summed E-state index contributed by atoms with van der Waals surface area (Å²) < 4.78 is 15.5. The lowest BCUT2D eigenvalue weighted by Crippen LogP contribution is -2.27. The number of hydrogen-bond donors (Lipinski definition) is 0. The van der Waals surface area contributed by atoms with Gasteiger partial charge in [-0.15, -0.1) is 0 Å². The summed E-state index contributed by atoms with van der Waals surface area (Å²) in [7, 11) is 2.52. The highest BCUT2D eigenvalue weighted by Gasteiger charge is 2.28. The van der Waals surface area contributed by atoms with Crippen molar-refractivity contribution in [2.75, 3.05) is 25.7 Å². The van der Waals surface area contributed by atoms with Gasteiger partial charge < -0.3 is 19.1 Å². The topological polar surface area (TPSA) is 78.0 Å². The van der Waals surface area contributed by atoms with Gasteiger partial charge in [0.05, 0.1) is 32.1 Å². The fourth-order valence-electron chi connectivity index (χ4n) is 2.96. The smallest absolute Gasteiger partial charge is 0.355 e. The molecule has 1 aliphatic heterocycles. The lowest BCUT2D eigenvalue weighted by Gasteiger charge is -2.24. The molecule has 0 fully saturated rings. The van der Waals surface area contributed by atoms with E-state index in [1.54, 1.807) is 41.6 Å². The second kappa shape index (κ2) is 8.39. The van der Waals surface area contributed by atoms with Gasteiger partial charge in [0.25, 0.3) is 0 Å². The third-order valence-corrected chi connectivity index (χ3v) is 4.16. The summed E-state index contributed by atoms with van der Waals surface area (Å²) in [6.45, 7) is 2.39. The monoisotopic (exact) mass is 380 g/mol. The number of nitrogens with zero attached hydrogens (tertiary/aromatic N) is 2. The Hall–Kier alpha value is -3.61. The standard InChI is InChI=1S/C21H20N2O5/c1-4-28-17-11-10-16(14-9-7-12-22-18(14)17)23-13-6-5-8-15(20(24)26-2)19(23)21(25)27-3/h5-13H,4H2,1-3H3. The van der Waals surface area contributed by atoms with Crippen molar-refractivity contribution < 1.29 is 23.8 Å². The molecule has 1 aliphatic rings.